The van der Waals surface area contributed by atoms with Crippen LogP contribution in [0.2, 0.25) is 0 Å². The van der Waals surface area contributed by atoms with Crippen molar-refractivity contribution in [2.45, 2.75) is 0 Å². The van der Waals surface area contributed by atoms with Crippen LogP contribution in [0.15, 0.2) is 42.6 Å². The molecule has 18 heavy (non-hydrogen) atoms. The quantitative estimate of drug-likeness (QED) is 0.753. The molecule has 0 atom stereocenters. The van der Waals surface area contributed by atoms with E-state index in [9.17, 15) is 9.90 Å². The van der Waals surface area contributed by atoms with Gasteiger partial charge in [0.15, 0.2) is 5.78 Å². The molecule has 1 heterocycles. The number of carbonyl (C=O) groups excluding carboxylic acids is 1. The highest BCUT2D eigenvalue weighted by molar-refractivity contribution is 6.39. The predicted molar refractivity (Wildman–Crippen MR) is 66.2 cm³/mol. The Hall–Kier alpha value is -2.62. The molecule has 4 nitrogen and oxygen atoms in total. The summed E-state index contributed by atoms with van der Waals surface area (Å²) in [6.07, 6.45) is 1.55. The molecule has 0 radical (unpaired) electrons. The number of nitrogens with zero attached hydrogens (tertiary/aromatic N) is 1. The number of anilines is 1. The van der Waals surface area contributed by atoms with Crippen LogP contribution in [0.3, 0.4) is 0 Å². The number of benzene rings is 1. The fraction of sp³-hybridized carbons (Fsp3) is 0. The van der Waals surface area contributed by atoms with Gasteiger partial charge in [0.2, 0.25) is 0 Å². The lowest BCUT2D eigenvalue weighted by Gasteiger charge is -2.10. The molecule has 4 heteroatoms. The second-order valence-electron chi connectivity index (χ2n) is 4.02. The third-order valence-electron chi connectivity index (χ3n) is 2.94. The molecule has 88 valence electrons. The van der Waals surface area contributed by atoms with Crippen LogP contribution in [0.25, 0.3) is 11.3 Å². The summed E-state index contributed by atoms with van der Waals surface area (Å²) < 4.78 is 0. The van der Waals surface area contributed by atoms with Crippen molar-refractivity contribution in [3.8, 4) is 0 Å². The van der Waals surface area contributed by atoms with Gasteiger partial charge in [0.25, 0.3) is 0 Å². The standard InChI is InChI=1S/C14H10N2O2/c15-9-5-3-4-8-11(9)14(18)12(13(8)17)10-6-1-2-7-16-10/h1-7,17H,15H2/p-1. The fourth-order valence-corrected chi connectivity index (χ4v) is 2.12. The maximum absolute atomic E-state index is 12.3. The SMILES string of the molecule is Nc1cccc2c1C(=O)C(c1ccccn1)=C2[O-]. The van der Waals surface area contributed by atoms with Crippen LogP contribution in [0.4, 0.5) is 5.69 Å². The third-order valence-corrected chi connectivity index (χ3v) is 2.94. The summed E-state index contributed by atoms with van der Waals surface area (Å²) in [7, 11) is 0. The van der Waals surface area contributed by atoms with E-state index < -0.39 is 0 Å². The Labute approximate surface area is 103 Å². The first-order valence-corrected chi connectivity index (χ1v) is 5.46. The van der Waals surface area contributed by atoms with E-state index in [1.165, 1.54) is 0 Å². The van der Waals surface area contributed by atoms with Gasteiger partial charge in [-0.05, 0) is 23.8 Å². The molecule has 0 aliphatic heterocycles. The lowest BCUT2D eigenvalue weighted by molar-refractivity contribution is -0.242. The van der Waals surface area contributed by atoms with Gasteiger partial charge in [-0.1, -0.05) is 24.0 Å². The van der Waals surface area contributed by atoms with Crippen molar-refractivity contribution in [3.63, 3.8) is 0 Å². The van der Waals surface area contributed by atoms with Crippen molar-refractivity contribution in [3.05, 3.63) is 59.4 Å². The van der Waals surface area contributed by atoms with Gasteiger partial charge in [0, 0.05) is 17.5 Å². The average molecular weight is 237 g/mol. The molecular formula is C14H9N2O2-. The van der Waals surface area contributed by atoms with Crippen molar-refractivity contribution < 1.29 is 9.90 Å². The van der Waals surface area contributed by atoms with Gasteiger partial charge in [-0.3, -0.25) is 9.78 Å². The first-order valence-electron chi connectivity index (χ1n) is 5.46. The zero-order valence-electron chi connectivity index (χ0n) is 9.38. The zero-order valence-corrected chi connectivity index (χ0v) is 9.38. The Balaban J connectivity index is 2.24. The molecule has 2 N–H and O–H groups in total. The van der Waals surface area contributed by atoms with Crippen molar-refractivity contribution in [1.29, 1.82) is 0 Å². The highest BCUT2D eigenvalue weighted by atomic mass is 16.3. The Morgan fingerprint density at radius 2 is 1.94 bits per heavy atom. The Morgan fingerprint density at radius 1 is 1.11 bits per heavy atom. The molecule has 0 fully saturated rings. The van der Waals surface area contributed by atoms with E-state index in [2.05, 4.69) is 4.98 Å². The highest BCUT2D eigenvalue weighted by Crippen LogP contribution is 2.36. The number of carbonyl (C=O) groups is 1. The van der Waals surface area contributed by atoms with Crippen LogP contribution in [-0.4, -0.2) is 10.8 Å². The van der Waals surface area contributed by atoms with Gasteiger partial charge in [-0.25, -0.2) is 0 Å². The number of aromatic nitrogens is 1. The first-order chi connectivity index (χ1) is 8.70. The van der Waals surface area contributed by atoms with Crippen LogP contribution in [0, 0.1) is 0 Å². The highest BCUT2D eigenvalue weighted by Gasteiger charge is 2.28. The van der Waals surface area contributed by atoms with E-state index in [4.69, 9.17) is 5.73 Å². The molecule has 1 aliphatic carbocycles. The van der Waals surface area contributed by atoms with Gasteiger partial charge >= 0.3 is 0 Å². The molecule has 0 amide bonds. The maximum atomic E-state index is 12.3. The lowest BCUT2D eigenvalue weighted by Crippen LogP contribution is -2.04. The number of nitrogen functional groups attached to an aromatic ring is 1. The summed E-state index contributed by atoms with van der Waals surface area (Å²) in [4.78, 5) is 16.3. The molecule has 0 spiro atoms. The summed E-state index contributed by atoms with van der Waals surface area (Å²) in [5, 5.41) is 12.2. The Bertz CT molecular complexity index is 675. The smallest absolute Gasteiger partial charge is 0.197 e. The molecule has 0 saturated heterocycles. The second-order valence-corrected chi connectivity index (χ2v) is 4.02. The number of hydrogen-bond donors (Lipinski definition) is 1. The second kappa shape index (κ2) is 3.70. The molecular weight excluding hydrogens is 228 g/mol. The number of allylic oxidation sites excluding steroid dienone is 1. The summed E-state index contributed by atoms with van der Waals surface area (Å²) in [5.74, 6) is -0.646. The van der Waals surface area contributed by atoms with E-state index in [1.54, 1.807) is 42.6 Å². The fourth-order valence-electron chi connectivity index (χ4n) is 2.12. The van der Waals surface area contributed by atoms with Crippen molar-refractivity contribution >= 4 is 22.8 Å². The van der Waals surface area contributed by atoms with Crippen LogP contribution in [0.5, 0.6) is 0 Å². The lowest BCUT2D eigenvalue weighted by atomic mass is 10.0. The maximum Gasteiger partial charge on any atom is 0.197 e. The van der Waals surface area contributed by atoms with Gasteiger partial charge in [0.1, 0.15) is 0 Å². The minimum absolute atomic E-state index is 0.100. The molecule has 1 aliphatic rings. The number of pyridine rings is 1. The third kappa shape index (κ3) is 1.32. The van der Waals surface area contributed by atoms with E-state index in [1.807, 2.05) is 0 Å². The first kappa shape index (κ1) is 10.5. The van der Waals surface area contributed by atoms with Crippen molar-refractivity contribution in [1.82, 2.24) is 4.98 Å². The van der Waals surface area contributed by atoms with E-state index in [0.717, 1.165) is 0 Å². The largest absolute Gasteiger partial charge is 0.871 e. The minimum atomic E-state index is -0.341. The molecule has 0 saturated carbocycles. The van der Waals surface area contributed by atoms with Crippen molar-refractivity contribution in [2.24, 2.45) is 0 Å². The molecule has 0 unspecified atom stereocenters. The normalized spacial score (nSPS) is 13.9. The number of ketones is 1. The van der Waals surface area contributed by atoms with E-state index in [0.29, 0.717) is 22.5 Å². The number of rotatable bonds is 1. The monoisotopic (exact) mass is 237 g/mol. The van der Waals surface area contributed by atoms with E-state index in [-0.39, 0.29) is 17.1 Å². The number of Topliss-reactive ketones (excluding diaryl/α,β-unsaturated/α-hetero) is 1. The summed E-state index contributed by atoms with van der Waals surface area (Å²) >= 11 is 0. The summed E-state index contributed by atoms with van der Waals surface area (Å²) in [6.45, 7) is 0. The Morgan fingerprint density at radius 3 is 2.61 bits per heavy atom. The van der Waals surface area contributed by atoms with Crippen LogP contribution in [0.1, 0.15) is 21.6 Å². The van der Waals surface area contributed by atoms with Crippen molar-refractivity contribution in [2.75, 3.05) is 5.73 Å². The van der Waals surface area contributed by atoms with Gasteiger partial charge in [0.05, 0.1) is 11.3 Å². The average Bonchev–Trinajstić information content (AvgIpc) is 2.64. The van der Waals surface area contributed by atoms with Gasteiger partial charge in [-0.15, -0.1) is 0 Å². The minimum Gasteiger partial charge on any atom is -0.871 e. The molecule has 2 aromatic rings. The predicted octanol–water partition coefficient (Wildman–Crippen LogP) is 1.09. The summed E-state index contributed by atoms with van der Waals surface area (Å²) in [6, 6.07) is 10.0. The topological polar surface area (TPSA) is 79.0 Å². The molecule has 1 aromatic carbocycles. The number of nitrogens with two attached hydrogens (primary N) is 1. The van der Waals surface area contributed by atoms with E-state index >= 15 is 0 Å². The van der Waals surface area contributed by atoms with Crippen LogP contribution >= 0.6 is 0 Å². The molecule has 0 bridgehead atoms. The van der Waals surface area contributed by atoms with Gasteiger partial charge in [-0.2, -0.15) is 0 Å². The van der Waals surface area contributed by atoms with Crippen LogP contribution < -0.4 is 10.8 Å². The summed E-state index contributed by atoms with van der Waals surface area (Å²) in [5.41, 5.74) is 7.24. The molecule has 3 rings (SSSR count). The van der Waals surface area contributed by atoms with Gasteiger partial charge < -0.3 is 10.8 Å². The Kier molecular flexibility index (Phi) is 2.16. The number of hydrogen-bond acceptors (Lipinski definition) is 4. The van der Waals surface area contributed by atoms with Crippen LogP contribution in [-0.2, 0) is 0 Å². The zero-order chi connectivity index (χ0) is 12.7. The molecule has 1 aromatic heterocycles. The number of fused-ring (bicyclic) bond motifs is 1.